The number of fused-ring (bicyclic) bond motifs is 4. The number of hydrogen-bond donors (Lipinski definition) is 0. The summed E-state index contributed by atoms with van der Waals surface area (Å²) in [5.74, 6) is 0. The zero-order valence-electron chi connectivity index (χ0n) is 20.6. The van der Waals surface area contributed by atoms with Crippen LogP contribution in [0.15, 0.2) is 77.3 Å². The summed E-state index contributed by atoms with van der Waals surface area (Å²) in [6, 6.07) is 22.9. The second kappa shape index (κ2) is 7.23. The van der Waals surface area contributed by atoms with Crippen LogP contribution in [0.25, 0.3) is 44.3 Å². The van der Waals surface area contributed by atoms with Gasteiger partial charge in [-0.25, -0.2) is 4.57 Å². The molecule has 0 atom stereocenters. The molecule has 0 bridgehead atoms. The monoisotopic (exact) mass is 421 g/mol. The first kappa shape index (κ1) is 17.0. The molecule has 1 aliphatic heterocycles. The van der Waals surface area contributed by atoms with Crippen LogP contribution in [0, 0.1) is 6.92 Å². The number of furan rings is 1. The average molecular weight is 422 g/mol. The minimum Gasteiger partial charge on any atom is -0.454 e. The van der Waals surface area contributed by atoms with Crippen molar-refractivity contribution in [3.05, 3.63) is 84.1 Å². The molecule has 1 aliphatic rings. The number of para-hydroxylation sites is 1. The fourth-order valence-corrected chi connectivity index (χ4v) is 4.93. The van der Waals surface area contributed by atoms with Gasteiger partial charge in [0.1, 0.15) is 18.2 Å². The number of pyridine rings is 1. The Balaban J connectivity index is 1.61. The van der Waals surface area contributed by atoms with E-state index in [1.165, 1.54) is 5.56 Å². The normalized spacial score (nSPS) is 16.2. The SMILES string of the molecule is [2H]C1([2H])CCN(C)c2cc(-c3cccc4c3oc3c(-c5cccc[n+]5C)c(C)ccc34)ccc21. The van der Waals surface area contributed by atoms with Gasteiger partial charge in [-0.3, -0.25) is 0 Å². The molecule has 2 aromatic heterocycles. The number of aryl methyl sites for hydroxylation is 3. The quantitative estimate of drug-likeness (QED) is 0.306. The molecule has 0 spiro atoms. The summed E-state index contributed by atoms with van der Waals surface area (Å²) in [6.07, 6.45) is 1.27. The van der Waals surface area contributed by atoms with E-state index < -0.39 is 6.37 Å². The van der Waals surface area contributed by atoms with Crippen molar-refractivity contribution in [1.29, 1.82) is 0 Å². The Labute approximate surface area is 191 Å². The third-order valence-electron chi connectivity index (χ3n) is 6.67. The second-order valence-electron chi connectivity index (χ2n) is 8.70. The Morgan fingerprint density at radius 2 is 1.84 bits per heavy atom. The lowest BCUT2D eigenvalue weighted by atomic mass is 9.95. The average Bonchev–Trinajstić information content (AvgIpc) is 3.21. The molecule has 158 valence electrons. The minimum atomic E-state index is -1.30. The zero-order valence-corrected chi connectivity index (χ0v) is 18.6. The number of anilines is 1. The van der Waals surface area contributed by atoms with Crippen LogP contribution in [0.3, 0.4) is 0 Å². The lowest BCUT2D eigenvalue weighted by molar-refractivity contribution is -0.660. The second-order valence-corrected chi connectivity index (χ2v) is 8.70. The molecular weight excluding hydrogens is 392 g/mol. The third-order valence-corrected chi connectivity index (χ3v) is 6.67. The highest BCUT2D eigenvalue weighted by Crippen LogP contribution is 2.41. The molecular formula is C29H27N2O+. The summed E-state index contributed by atoms with van der Waals surface area (Å²) >= 11 is 0. The van der Waals surface area contributed by atoms with Gasteiger partial charge in [0.05, 0.1) is 5.56 Å². The zero-order chi connectivity index (χ0) is 23.6. The van der Waals surface area contributed by atoms with Gasteiger partial charge < -0.3 is 9.32 Å². The Bertz CT molecular complexity index is 1580. The van der Waals surface area contributed by atoms with Crippen LogP contribution in [0.5, 0.6) is 0 Å². The summed E-state index contributed by atoms with van der Waals surface area (Å²) in [7, 11) is 4.10. The van der Waals surface area contributed by atoms with Gasteiger partial charge in [0.2, 0.25) is 5.69 Å². The predicted octanol–water partition coefficient (Wildman–Crippen LogP) is 6.44. The molecule has 3 heterocycles. The van der Waals surface area contributed by atoms with Crippen molar-refractivity contribution in [3.8, 4) is 22.4 Å². The van der Waals surface area contributed by atoms with Crippen LogP contribution in [-0.2, 0) is 13.4 Å². The topological polar surface area (TPSA) is 20.3 Å². The van der Waals surface area contributed by atoms with Crippen LogP contribution in [0.4, 0.5) is 5.69 Å². The van der Waals surface area contributed by atoms with E-state index in [2.05, 4.69) is 78.2 Å². The number of nitrogens with zero attached hydrogens (tertiary/aromatic N) is 2. The van der Waals surface area contributed by atoms with Gasteiger partial charge in [-0.2, -0.15) is 0 Å². The molecule has 32 heavy (non-hydrogen) atoms. The predicted molar refractivity (Wildman–Crippen MR) is 132 cm³/mol. The van der Waals surface area contributed by atoms with E-state index in [0.717, 1.165) is 55.6 Å². The molecule has 0 unspecified atom stereocenters. The standard InChI is InChI=1S/C29H27N2O/c1-19-12-15-24-23-10-6-9-22(21-14-13-20-8-7-17-31(3)26(20)18-21)28(23)32-29(24)27(19)25-11-4-5-16-30(25)2/h4-6,9-16,18H,7-8,17H2,1-3H3/q+1/i8D2. The van der Waals surface area contributed by atoms with Crippen molar-refractivity contribution in [1.82, 2.24) is 0 Å². The Kier molecular flexibility index (Phi) is 3.85. The van der Waals surface area contributed by atoms with E-state index in [9.17, 15) is 0 Å². The molecule has 6 rings (SSSR count). The summed E-state index contributed by atoms with van der Waals surface area (Å²) in [4.78, 5) is 2.15. The van der Waals surface area contributed by atoms with Crippen LogP contribution in [0.1, 0.15) is 20.3 Å². The number of aromatic nitrogens is 1. The van der Waals surface area contributed by atoms with E-state index in [4.69, 9.17) is 7.16 Å². The fourth-order valence-electron chi connectivity index (χ4n) is 4.93. The minimum absolute atomic E-state index is 0.508. The van der Waals surface area contributed by atoms with Crippen molar-refractivity contribution >= 4 is 27.6 Å². The molecule has 0 fully saturated rings. The molecule has 0 aliphatic carbocycles. The fraction of sp³-hybridized carbons (Fsp3) is 0.207. The first-order valence-electron chi connectivity index (χ1n) is 12.1. The van der Waals surface area contributed by atoms with E-state index in [-0.39, 0.29) is 0 Å². The molecule has 0 saturated carbocycles. The highest BCUT2D eigenvalue weighted by molar-refractivity contribution is 6.13. The highest BCUT2D eigenvalue weighted by Gasteiger charge is 2.22. The Hall–Kier alpha value is -3.59. The molecule has 0 amide bonds. The summed E-state index contributed by atoms with van der Waals surface area (Å²) in [5, 5.41) is 2.20. The maximum Gasteiger partial charge on any atom is 0.216 e. The van der Waals surface area contributed by atoms with Gasteiger partial charge in [-0.05, 0) is 48.5 Å². The summed E-state index contributed by atoms with van der Waals surface area (Å²) < 4.78 is 25.7. The van der Waals surface area contributed by atoms with Gasteiger partial charge in [0.15, 0.2) is 6.20 Å². The van der Waals surface area contributed by atoms with Gasteiger partial charge in [0.25, 0.3) is 0 Å². The smallest absolute Gasteiger partial charge is 0.216 e. The molecule has 5 aromatic rings. The van der Waals surface area contributed by atoms with Gasteiger partial charge >= 0.3 is 0 Å². The van der Waals surface area contributed by atoms with Crippen molar-refractivity contribution in [2.75, 3.05) is 18.5 Å². The first-order chi connectivity index (χ1) is 16.3. The Morgan fingerprint density at radius 3 is 2.72 bits per heavy atom. The summed E-state index contributed by atoms with van der Waals surface area (Å²) in [5.41, 5.74) is 8.94. The van der Waals surface area contributed by atoms with Crippen molar-refractivity contribution < 1.29 is 11.7 Å². The molecule has 3 aromatic carbocycles. The van der Waals surface area contributed by atoms with Crippen LogP contribution < -0.4 is 9.47 Å². The van der Waals surface area contributed by atoms with E-state index in [1.54, 1.807) is 0 Å². The Morgan fingerprint density at radius 1 is 0.969 bits per heavy atom. The van der Waals surface area contributed by atoms with E-state index in [0.29, 0.717) is 13.0 Å². The molecule has 0 saturated heterocycles. The van der Waals surface area contributed by atoms with Crippen molar-refractivity contribution in [3.63, 3.8) is 0 Å². The van der Waals surface area contributed by atoms with Crippen molar-refractivity contribution in [2.45, 2.75) is 19.7 Å². The molecule has 3 nitrogen and oxygen atoms in total. The van der Waals surface area contributed by atoms with Gasteiger partial charge in [0, 0.05) is 50.5 Å². The van der Waals surface area contributed by atoms with Gasteiger partial charge in [-0.1, -0.05) is 42.5 Å². The van der Waals surface area contributed by atoms with E-state index >= 15 is 0 Å². The molecule has 3 heteroatoms. The summed E-state index contributed by atoms with van der Waals surface area (Å²) in [6.45, 7) is 2.83. The maximum absolute atomic E-state index is 8.44. The highest BCUT2D eigenvalue weighted by atomic mass is 16.3. The molecule has 0 N–H and O–H groups in total. The number of hydrogen-bond acceptors (Lipinski definition) is 2. The molecule has 0 radical (unpaired) electrons. The van der Waals surface area contributed by atoms with Gasteiger partial charge in [-0.15, -0.1) is 0 Å². The van der Waals surface area contributed by atoms with E-state index in [1.807, 2.05) is 25.2 Å². The van der Waals surface area contributed by atoms with Crippen LogP contribution >= 0.6 is 0 Å². The van der Waals surface area contributed by atoms with Crippen LogP contribution in [-0.4, -0.2) is 13.6 Å². The lowest BCUT2D eigenvalue weighted by Gasteiger charge is -2.28. The number of rotatable bonds is 2. The maximum atomic E-state index is 8.44. The largest absolute Gasteiger partial charge is 0.454 e. The lowest BCUT2D eigenvalue weighted by Crippen LogP contribution is -2.30. The number of benzene rings is 3. The first-order valence-corrected chi connectivity index (χ1v) is 11.1. The van der Waals surface area contributed by atoms with Crippen LogP contribution in [0.2, 0.25) is 0 Å². The third kappa shape index (κ3) is 2.85. The van der Waals surface area contributed by atoms with Crippen molar-refractivity contribution in [2.24, 2.45) is 7.05 Å².